The summed E-state index contributed by atoms with van der Waals surface area (Å²) in [6.45, 7) is 3.69. The molecule has 0 heterocycles. The Labute approximate surface area is 133 Å². The first-order valence-electron chi connectivity index (χ1n) is 6.04. The molecule has 0 aliphatic heterocycles. The summed E-state index contributed by atoms with van der Waals surface area (Å²) in [6.07, 6.45) is 0. The highest BCUT2D eigenvalue weighted by molar-refractivity contribution is 7.92. The van der Waals surface area contributed by atoms with E-state index in [1.807, 2.05) is 13.8 Å². The molecule has 3 N–H and O–H groups in total. The first-order chi connectivity index (χ1) is 9.69. The molecule has 0 bridgehead atoms. The van der Waals surface area contributed by atoms with Crippen LogP contribution >= 0.6 is 23.2 Å². The molecule has 0 atom stereocenters. The number of nitrogens with two attached hydrogens (primary N) is 1. The van der Waals surface area contributed by atoms with E-state index in [9.17, 15) is 8.42 Å². The van der Waals surface area contributed by atoms with Gasteiger partial charge in [0.25, 0.3) is 10.0 Å². The summed E-state index contributed by atoms with van der Waals surface area (Å²) in [5.41, 5.74) is 8.06. The van der Waals surface area contributed by atoms with Crippen molar-refractivity contribution in [2.24, 2.45) is 0 Å². The van der Waals surface area contributed by atoms with Crippen LogP contribution in [0.2, 0.25) is 10.0 Å². The number of anilines is 2. The van der Waals surface area contributed by atoms with Crippen molar-refractivity contribution >= 4 is 44.6 Å². The average molecular weight is 345 g/mol. The highest BCUT2D eigenvalue weighted by atomic mass is 35.5. The molecule has 2 aromatic rings. The normalized spacial score (nSPS) is 11.4. The van der Waals surface area contributed by atoms with Crippen LogP contribution in [-0.2, 0) is 10.0 Å². The van der Waals surface area contributed by atoms with Crippen LogP contribution < -0.4 is 10.5 Å². The van der Waals surface area contributed by atoms with Crippen LogP contribution in [0.1, 0.15) is 11.1 Å². The third-order valence-electron chi connectivity index (χ3n) is 3.03. The van der Waals surface area contributed by atoms with E-state index in [4.69, 9.17) is 28.9 Å². The fourth-order valence-electron chi connectivity index (χ4n) is 1.87. The summed E-state index contributed by atoms with van der Waals surface area (Å²) in [7, 11) is -3.81. The lowest BCUT2D eigenvalue weighted by Crippen LogP contribution is -2.15. The molecule has 0 saturated heterocycles. The lowest BCUT2D eigenvalue weighted by molar-refractivity contribution is 0.601. The van der Waals surface area contributed by atoms with Gasteiger partial charge in [0.15, 0.2) is 0 Å². The Balaban J connectivity index is 2.45. The number of halogens is 2. The molecule has 0 saturated carbocycles. The van der Waals surface area contributed by atoms with Crippen LogP contribution in [0.3, 0.4) is 0 Å². The van der Waals surface area contributed by atoms with Crippen molar-refractivity contribution in [2.45, 2.75) is 18.7 Å². The predicted molar refractivity (Wildman–Crippen MR) is 87.6 cm³/mol. The number of nitrogens with one attached hydrogen (secondary N) is 1. The standard InChI is InChI=1S/C14H14Cl2N2O2S/c1-8-3-13(17)14(4-9(8)2)21(19,20)18-12-6-10(15)5-11(16)7-12/h3-7,18H,17H2,1-2H3. The lowest BCUT2D eigenvalue weighted by atomic mass is 10.1. The molecule has 7 heteroatoms. The molecule has 2 rings (SSSR count). The molecule has 4 nitrogen and oxygen atoms in total. The predicted octanol–water partition coefficient (Wildman–Crippen LogP) is 3.99. The third kappa shape index (κ3) is 3.61. The van der Waals surface area contributed by atoms with E-state index in [-0.39, 0.29) is 16.3 Å². The third-order valence-corrected chi connectivity index (χ3v) is 4.90. The zero-order chi connectivity index (χ0) is 15.8. The van der Waals surface area contributed by atoms with Gasteiger partial charge in [-0.05, 0) is 55.3 Å². The van der Waals surface area contributed by atoms with Gasteiger partial charge in [-0.2, -0.15) is 0 Å². The van der Waals surface area contributed by atoms with E-state index in [0.717, 1.165) is 11.1 Å². The summed E-state index contributed by atoms with van der Waals surface area (Å²) < 4.78 is 27.3. The number of sulfonamides is 1. The molecule has 0 radical (unpaired) electrons. The number of nitrogen functional groups attached to an aromatic ring is 1. The molecule has 21 heavy (non-hydrogen) atoms. The molecule has 0 aromatic heterocycles. The van der Waals surface area contributed by atoms with Gasteiger partial charge in [0.2, 0.25) is 0 Å². The van der Waals surface area contributed by atoms with Crippen molar-refractivity contribution in [3.05, 3.63) is 51.5 Å². The van der Waals surface area contributed by atoms with E-state index >= 15 is 0 Å². The van der Waals surface area contributed by atoms with Crippen molar-refractivity contribution in [3.63, 3.8) is 0 Å². The Kier molecular flexibility index (Phi) is 4.37. The zero-order valence-electron chi connectivity index (χ0n) is 11.4. The van der Waals surface area contributed by atoms with Crippen molar-refractivity contribution < 1.29 is 8.42 Å². The van der Waals surface area contributed by atoms with Crippen molar-refractivity contribution in [1.29, 1.82) is 0 Å². The first-order valence-corrected chi connectivity index (χ1v) is 8.28. The van der Waals surface area contributed by atoms with Gasteiger partial charge >= 0.3 is 0 Å². The zero-order valence-corrected chi connectivity index (χ0v) is 13.8. The maximum Gasteiger partial charge on any atom is 0.263 e. The largest absolute Gasteiger partial charge is 0.398 e. The van der Waals surface area contributed by atoms with Gasteiger partial charge in [-0.15, -0.1) is 0 Å². The molecule has 0 aliphatic carbocycles. The Morgan fingerprint density at radius 2 is 1.48 bits per heavy atom. The van der Waals surface area contributed by atoms with Gasteiger partial charge in [-0.25, -0.2) is 8.42 Å². The Hall–Kier alpha value is -1.43. The van der Waals surface area contributed by atoms with E-state index in [1.54, 1.807) is 12.1 Å². The second-order valence-electron chi connectivity index (χ2n) is 4.74. The van der Waals surface area contributed by atoms with E-state index in [1.165, 1.54) is 18.2 Å². The Morgan fingerprint density at radius 3 is 2.05 bits per heavy atom. The minimum absolute atomic E-state index is 0.0293. The molecular weight excluding hydrogens is 331 g/mol. The lowest BCUT2D eigenvalue weighted by Gasteiger charge is -2.12. The molecule has 0 fully saturated rings. The summed E-state index contributed by atoms with van der Waals surface area (Å²) in [6, 6.07) is 7.64. The monoisotopic (exact) mass is 344 g/mol. The molecule has 0 spiro atoms. The molecule has 112 valence electrons. The van der Waals surface area contributed by atoms with Crippen molar-refractivity contribution in [2.75, 3.05) is 10.5 Å². The van der Waals surface area contributed by atoms with Crippen LogP contribution in [0.15, 0.2) is 35.2 Å². The maximum absolute atomic E-state index is 12.4. The Morgan fingerprint density at radius 1 is 0.952 bits per heavy atom. The van der Waals surface area contributed by atoms with Gasteiger partial charge in [0, 0.05) is 10.0 Å². The smallest absolute Gasteiger partial charge is 0.263 e. The van der Waals surface area contributed by atoms with Gasteiger partial charge in [-0.3, -0.25) is 4.72 Å². The van der Waals surface area contributed by atoms with Crippen LogP contribution in [0.5, 0.6) is 0 Å². The topological polar surface area (TPSA) is 72.2 Å². The number of rotatable bonds is 3. The maximum atomic E-state index is 12.4. The molecule has 0 amide bonds. The van der Waals surface area contributed by atoms with E-state index < -0.39 is 10.0 Å². The highest BCUT2D eigenvalue weighted by Gasteiger charge is 2.19. The quantitative estimate of drug-likeness (QED) is 0.826. The Bertz CT molecular complexity index is 785. The number of hydrogen-bond acceptors (Lipinski definition) is 3. The molecular formula is C14H14Cl2N2O2S. The van der Waals surface area contributed by atoms with Gasteiger partial charge in [0.1, 0.15) is 4.90 Å². The number of aryl methyl sites for hydroxylation is 2. The first kappa shape index (κ1) is 15.9. The van der Waals surface area contributed by atoms with Gasteiger partial charge in [-0.1, -0.05) is 23.2 Å². The van der Waals surface area contributed by atoms with E-state index in [2.05, 4.69) is 4.72 Å². The van der Waals surface area contributed by atoms with Gasteiger partial charge in [0.05, 0.1) is 11.4 Å². The minimum Gasteiger partial charge on any atom is -0.398 e. The summed E-state index contributed by atoms with van der Waals surface area (Å²) in [4.78, 5) is 0.0293. The minimum atomic E-state index is -3.81. The second-order valence-corrected chi connectivity index (χ2v) is 7.26. The van der Waals surface area contributed by atoms with Crippen molar-refractivity contribution in [1.82, 2.24) is 0 Å². The SMILES string of the molecule is Cc1cc(N)c(S(=O)(=O)Nc2cc(Cl)cc(Cl)c2)cc1C. The summed E-state index contributed by atoms with van der Waals surface area (Å²) >= 11 is 11.7. The van der Waals surface area contributed by atoms with E-state index in [0.29, 0.717) is 10.0 Å². The van der Waals surface area contributed by atoms with Crippen LogP contribution in [-0.4, -0.2) is 8.42 Å². The number of benzene rings is 2. The highest BCUT2D eigenvalue weighted by Crippen LogP contribution is 2.27. The second kappa shape index (κ2) is 5.75. The van der Waals surface area contributed by atoms with Crippen LogP contribution in [0.4, 0.5) is 11.4 Å². The summed E-state index contributed by atoms with van der Waals surface area (Å²) in [5, 5.41) is 0.682. The fourth-order valence-corrected chi connectivity index (χ4v) is 3.63. The molecule has 2 aromatic carbocycles. The molecule has 0 aliphatic rings. The van der Waals surface area contributed by atoms with Gasteiger partial charge < -0.3 is 5.73 Å². The van der Waals surface area contributed by atoms with Crippen molar-refractivity contribution in [3.8, 4) is 0 Å². The average Bonchev–Trinajstić information content (AvgIpc) is 2.31. The fraction of sp³-hybridized carbons (Fsp3) is 0.143. The molecule has 0 unspecified atom stereocenters. The summed E-state index contributed by atoms with van der Waals surface area (Å²) in [5.74, 6) is 0. The van der Waals surface area contributed by atoms with Crippen LogP contribution in [0.25, 0.3) is 0 Å². The van der Waals surface area contributed by atoms with Crippen LogP contribution in [0, 0.1) is 13.8 Å². The number of hydrogen-bond donors (Lipinski definition) is 2.